The number of carbonyl (C=O) groups is 1. The van der Waals surface area contributed by atoms with Gasteiger partial charge in [0.15, 0.2) is 0 Å². The van der Waals surface area contributed by atoms with Gasteiger partial charge in [-0.05, 0) is 12.1 Å². The first kappa shape index (κ1) is 9.64. The number of amides is 1. The van der Waals surface area contributed by atoms with E-state index in [9.17, 15) is 4.79 Å². The normalized spacial score (nSPS) is 17.7. The number of carbonyl (C=O) groups excluding carboxylic acids is 1. The van der Waals surface area contributed by atoms with Crippen molar-refractivity contribution in [1.82, 2.24) is 4.98 Å². The quantitative estimate of drug-likeness (QED) is 0.494. The molecule has 1 aliphatic rings. The van der Waals surface area contributed by atoms with Crippen molar-refractivity contribution in [1.29, 1.82) is 0 Å². The summed E-state index contributed by atoms with van der Waals surface area (Å²) >= 11 is 0. The van der Waals surface area contributed by atoms with Gasteiger partial charge in [-0.25, -0.2) is 0 Å². The fourth-order valence-corrected chi connectivity index (χ4v) is 1.75. The molecule has 1 amide bonds. The van der Waals surface area contributed by atoms with E-state index in [0.717, 1.165) is 11.4 Å². The molecule has 0 atom stereocenters. The first-order chi connectivity index (χ1) is 7.24. The highest BCUT2D eigenvalue weighted by Gasteiger charge is 2.24. The van der Waals surface area contributed by atoms with Gasteiger partial charge in [0.2, 0.25) is 5.91 Å². The summed E-state index contributed by atoms with van der Waals surface area (Å²) in [7, 11) is 0. The molecular weight excluding hydrogens is 192 g/mol. The second-order valence-electron chi connectivity index (χ2n) is 3.37. The third kappa shape index (κ3) is 1.56. The minimum Gasteiger partial charge on any atom is -0.323 e. The lowest BCUT2D eigenvalue weighted by atomic mass is 10.1. The molecule has 0 unspecified atom stereocenters. The second kappa shape index (κ2) is 3.68. The molecule has 1 aliphatic heterocycles. The number of aromatic nitrogens is 1. The van der Waals surface area contributed by atoms with E-state index in [1.54, 1.807) is 24.1 Å². The van der Waals surface area contributed by atoms with Gasteiger partial charge in [-0.1, -0.05) is 0 Å². The Labute approximate surface area is 87.6 Å². The zero-order chi connectivity index (χ0) is 10.8. The van der Waals surface area contributed by atoms with Crippen molar-refractivity contribution in [2.75, 3.05) is 11.4 Å². The van der Waals surface area contributed by atoms with Crippen molar-refractivity contribution in [3.8, 4) is 0 Å². The summed E-state index contributed by atoms with van der Waals surface area (Å²) in [6.07, 6.45) is 2.33. The summed E-state index contributed by atoms with van der Waals surface area (Å²) in [6, 6.07) is 3.66. The number of hydrazone groups is 1. The van der Waals surface area contributed by atoms with Gasteiger partial charge in [0.1, 0.15) is 5.69 Å². The van der Waals surface area contributed by atoms with Crippen LogP contribution in [0.4, 0.5) is 5.69 Å². The van der Waals surface area contributed by atoms with E-state index in [4.69, 9.17) is 5.84 Å². The lowest BCUT2D eigenvalue weighted by Crippen LogP contribution is -2.36. The Morgan fingerprint density at radius 1 is 1.67 bits per heavy atom. The summed E-state index contributed by atoms with van der Waals surface area (Å²) < 4.78 is 0. The standard InChI is InChI=1S/C10H12N4O/c1-7(15)14-6-4-8(13-11)10-9(14)3-2-5-12-10/h2-3,5H,4,6,11H2,1H3/b13-8-. The van der Waals surface area contributed by atoms with Crippen LogP contribution in [-0.4, -0.2) is 23.1 Å². The Balaban J connectivity index is 2.53. The number of anilines is 1. The number of hydrogen-bond donors (Lipinski definition) is 1. The number of nitrogens with two attached hydrogens (primary N) is 1. The summed E-state index contributed by atoms with van der Waals surface area (Å²) in [5, 5.41) is 3.70. The van der Waals surface area contributed by atoms with E-state index in [1.165, 1.54) is 0 Å². The minimum atomic E-state index is 0.0142. The smallest absolute Gasteiger partial charge is 0.223 e. The monoisotopic (exact) mass is 204 g/mol. The van der Waals surface area contributed by atoms with Crippen molar-refractivity contribution >= 4 is 17.3 Å². The Bertz CT molecular complexity index is 427. The van der Waals surface area contributed by atoms with Crippen molar-refractivity contribution in [2.24, 2.45) is 10.9 Å². The first-order valence-electron chi connectivity index (χ1n) is 4.74. The summed E-state index contributed by atoms with van der Waals surface area (Å²) in [5.41, 5.74) is 2.25. The van der Waals surface area contributed by atoms with Crippen LogP contribution in [0.5, 0.6) is 0 Å². The molecular formula is C10H12N4O. The molecule has 1 aromatic rings. The van der Waals surface area contributed by atoms with Crippen LogP contribution in [0.25, 0.3) is 0 Å². The highest BCUT2D eigenvalue weighted by molar-refractivity contribution is 6.09. The average Bonchev–Trinajstić information content (AvgIpc) is 2.27. The van der Waals surface area contributed by atoms with Crippen LogP contribution in [-0.2, 0) is 4.79 Å². The molecule has 0 fully saturated rings. The zero-order valence-corrected chi connectivity index (χ0v) is 8.47. The largest absolute Gasteiger partial charge is 0.323 e. The highest BCUT2D eigenvalue weighted by Crippen LogP contribution is 2.24. The molecule has 5 heteroatoms. The van der Waals surface area contributed by atoms with Gasteiger partial charge in [-0.15, -0.1) is 0 Å². The van der Waals surface area contributed by atoms with Gasteiger partial charge in [0.05, 0.1) is 11.4 Å². The van der Waals surface area contributed by atoms with E-state index in [2.05, 4.69) is 10.1 Å². The van der Waals surface area contributed by atoms with E-state index < -0.39 is 0 Å². The van der Waals surface area contributed by atoms with Crippen molar-refractivity contribution in [3.63, 3.8) is 0 Å². The van der Waals surface area contributed by atoms with Crippen molar-refractivity contribution in [3.05, 3.63) is 24.0 Å². The van der Waals surface area contributed by atoms with Crippen molar-refractivity contribution < 1.29 is 4.79 Å². The molecule has 0 aromatic carbocycles. The summed E-state index contributed by atoms with van der Waals surface area (Å²) in [4.78, 5) is 17.3. The Hall–Kier alpha value is -1.91. The van der Waals surface area contributed by atoms with Gasteiger partial charge in [-0.3, -0.25) is 9.78 Å². The van der Waals surface area contributed by atoms with Gasteiger partial charge < -0.3 is 10.7 Å². The molecule has 0 aliphatic carbocycles. The predicted octanol–water partition coefficient (Wildman–Crippen LogP) is 0.501. The number of hydrogen-bond acceptors (Lipinski definition) is 4. The molecule has 0 bridgehead atoms. The SMILES string of the molecule is CC(=O)N1CC/C(=N/N)c2ncccc21. The van der Waals surface area contributed by atoms with E-state index in [1.807, 2.05) is 6.07 Å². The Morgan fingerprint density at radius 3 is 3.13 bits per heavy atom. The fourth-order valence-electron chi connectivity index (χ4n) is 1.75. The van der Waals surface area contributed by atoms with E-state index in [0.29, 0.717) is 18.7 Å². The molecule has 0 saturated carbocycles. The minimum absolute atomic E-state index is 0.0142. The topological polar surface area (TPSA) is 71.6 Å². The van der Waals surface area contributed by atoms with E-state index >= 15 is 0 Å². The van der Waals surface area contributed by atoms with Crippen molar-refractivity contribution in [2.45, 2.75) is 13.3 Å². The lowest BCUT2D eigenvalue weighted by Gasteiger charge is -2.27. The zero-order valence-electron chi connectivity index (χ0n) is 8.47. The average molecular weight is 204 g/mol. The Kier molecular flexibility index (Phi) is 2.37. The summed E-state index contributed by atoms with van der Waals surface area (Å²) in [6.45, 7) is 2.16. The van der Waals surface area contributed by atoms with Gasteiger partial charge in [-0.2, -0.15) is 5.10 Å². The molecule has 0 spiro atoms. The Morgan fingerprint density at radius 2 is 2.47 bits per heavy atom. The van der Waals surface area contributed by atoms with Crippen LogP contribution in [0.3, 0.4) is 0 Å². The number of pyridine rings is 1. The molecule has 78 valence electrons. The third-order valence-electron chi connectivity index (χ3n) is 2.46. The molecule has 1 aromatic heterocycles. The molecule has 2 heterocycles. The molecule has 0 saturated heterocycles. The molecule has 2 N–H and O–H groups in total. The van der Waals surface area contributed by atoms with Crippen LogP contribution in [0.1, 0.15) is 19.0 Å². The third-order valence-corrected chi connectivity index (χ3v) is 2.46. The van der Waals surface area contributed by atoms with Crippen LogP contribution >= 0.6 is 0 Å². The number of nitrogens with zero attached hydrogens (tertiary/aromatic N) is 3. The maximum Gasteiger partial charge on any atom is 0.223 e. The van der Waals surface area contributed by atoms with Gasteiger partial charge >= 0.3 is 0 Å². The predicted molar refractivity (Wildman–Crippen MR) is 57.6 cm³/mol. The maximum atomic E-state index is 11.4. The second-order valence-corrected chi connectivity index (χ2v) is 3.37. The fraction of sp³-hybridized carbons (Fsp3) is 0.300. The van der Waals surface area contributed by atoms with Crippen LogP contribution < -0.4 is 10.7 Å². The van der Waals surface area contributed by atoms with Crippen LogP contribution in [0.2, 0.25) is 0 Å². The summed E-state index contributed by atoms with van der Waals surface area (Å²) in [5.74, 6) is 5.30. The lowest BCUT2D eigenvalue weighted by molar-refractivity contribution is -0.116. The van der Waals surface area contributed by atoms with Crippen LogP contribution in [0, 0.1) is 0 Å². The molecule has 0 radical (unpaired) electrons. The number of fused-ring (bicyclic) bond motifs is 1. The molecule has 5 nitrogen and oxygen atoms in total. The van der Waals surface area contributed by atoms with Gasteiger partial charge in [0, 0.05) is 26.1 Å². The molecule has 15 heavy (non-hydrogen) atoms. The molecule has 2 rings (SSSR count). The van der Waals surface area contributed by atoms with Crippen LogP contribution in [0.15, 0.2) is 23.4 Å². The highest BCUT2D eigenvalue weighted by atomic mass is 16.2. The maximum absolute atomic E-state index is 11.4. The van der Waals surface area contributed by atoms with E-state index in [-0.39, 0.29) is 5.91 Å². The van der Waals surface area contributed by atoms with Gasteiger partial charge in [0.25, 0.3) is 0 Å². The first-order valence-corrected chi connectivity index (χ1v) is 4.74. The number of rotatable bonds is 0.